The van der Waals surface area contributed by atoms with Gasteiger partial charge in [0.05, 0.1) is 22.3 Å². The van der Waals surface area contributed by atoms with Crippen molar-refractivity contribution in [2.24, 2.45) is 5.73 Å². The lowest BCUT2D eigenvalue weighted by Gasteiger charge is -2.13. The van der Waals surface area contributed by atoms with E-state index in [9.17, 15) is 18.0 Å². The molecule has 0 aliphatic rings. The number of carbonyl (C=O) groups is 1. The topological polar surface area (TPSA) is 78.1 Å². The third-order valence-electron chi connectivity index (χ3n) is 4.43. The summed E-state index contributed by atoms with van der Waals surface area (Å²) in [6.45, 7) is 0. The fourth-order valence-corrected chi connectivity index (χ4v) is 3.04. The van der Waals surface area contributed by atoms with E-state index < -0.39 is 23.2 Å². The van der Waals surface area contributed by atoms with Gasteiger partial charge < -0.3 is 10.5 Å². The number of nitrogens with two attached hydrogens (primary N) is 1. The maximum atomic E-state index is 13.3. The Morgan fingerprint density at radius 3 is 2.47 bits per heavy atom. The molecule has 0 spiro atoms. The van der Waals surface area contributed by atoms with Gasteiger partial charge in [-0.1, -0.05) is 12.1 Å². The highest BCUT2D eigenvalue weighted by molar-refractivity contribution is 5.95. The van der Waals surface area contributed by atoms with Gasteiger partial charge in [-0.15, -0.1) is 0 Å². The molecule has 2 heterocycles. The highest BCUT2D eigenvalue weighted by atomic mass is 19.4. The fourth-order valence-electron chi connectivity index (χ4n) is 3.04. The van der Waals surface area contributed by atoms with Crippen molar-refractivity contribution in [3.8, 4) is 22.8 Å². The van der Waals surface area contributed by atoms with E-state index in [1.54, 1.807) is 18.3 Å². The molecular weight excluding hydrogens is 395 g/mol. The van der Waals surface area contributed by atoms with Crippen LogP contribution >= 0.6 is 0 Å². The zero-order valence-electron chi connectivity index (χ0n) is 15.4. The smallest absolute Gasteiger partial charge is 0.417 e. The second kappa shape index (κ2) is 7.47. The number of hydrogen-bond acceptors (Lipinski definition) is 4. The summed E-state index contributed by atoms with van der Waals surface area (Å²) in [6.07, 6.45) is -1.60. The summed E-state index contributed by atoms with van der Waals surface area (Å²) < 4.78 is 45.9. The summed E-state index contributed by atoms with van der Waals surface area (Å²) in [6, 6.07) is 15.5. The molecule has 0 bridgehead atoms. The molecular formula is C22H14F3N3O2. The Labute approximate surface area is 169 Å². The van der Waals surface area contributed by atoms with Gasteiger partial charge in [0.15, 0.2) is 0 Å². The lowest BCUT2D eigenvalue weighted by molar-refractivity contribution is -0.137. The predicted molar refractivity (Wildman–Crippen MR) is 105 cm³/mol. The van der Waals surface area contributed by atoms with Crippen molar-refractivity contribution in [1.29, 1.82) is 0 Å². The molecule has 0 unspecified atom stereocenters. The van der Waals surface area contributed by atoms with Crippen LogP contribution in [-0.4, -0.2) is 15.9 Å². The van der Waals surface area contributed by atoms with Crippen molar-refractivity contribution < 1.29 is 22.7 Å². The standard InChI is InChI=1S/C22H14F3N3O2/c23-22(24,25)18-11-14(3-5-17(18)21(26)29)20-12-16(7-9-28-20)30-15-4-6-19-13(10-15)2-1-8-27-19/h1-12H,(H2,26,29). The SMILES string of the molecule is NC(=O)c1ccc(-c2cc(Oc3ccc4ncccc4c3)ccn2)cc1C(F)(F)F. The second-order valence-electron chi connectivity index (χ2n) is 6.46. The van der Waals surface area contributed by atoms with Crippen LogP contribution < -0.4 is 10.5 Å². The average Bonchev–Trinajstić information content (AvgIpc) is 2.73. The number of amides is 1. The first-order chi connectivity index (χ1) is 14.3. The van der Waals surface area contributed by atoms with Gasteiger partial charge in [0, 0.05) is 29.4 Å². The van der Waals surface area contributed by atoms with E-state index in [1.807, 2.05) is 24.3 Å². The quantitative estimate of drug-likeness (QED) is 0.502. The summed E-state index contributed by atoms with van der Waals surface area (Å²) >= 11 is 0. The van der Waals surface area contributed by atoms with E-state index in [-0.39, 0.29) is 11.3 Å². The van der Waals surface area contributed by atoms with Crippen LogP contribution in [0.15, 0.2) is 73.1 Å². The molecule has 0 atom stereocenters. The van der Waals surface area contributed by atoms with Gasteiger partial charge >= 0.3 is 6.18 Å². The molecule has 2 aromatic heterocycles. The molecule has 30 heavy (non-hydrogen) atoms. The van der Waals surface area contributed by atoms with Crippen molar-refractivity contribution in [2.45, 2.75) is 6.18 Å². The number of pyridine rings is 2. The van der Waals surface area contributed by atoms with E-state index in [1.165, 1.54) is 18.3 Å². The monoisotopic (exact) mass is 409 g/mol. The molecule has 0 saturated carbocycles. The Bertz CT molecular complexity index is 1260. The van der Waals surface area contributed by atoms with Crippen molar-refractivity contribution in [1.82, 2.24) is 9.97 Å². The molecule has 0 saturated heterocycles. The summed E-state index contributed by atoms with van der Waals surface area (Å²) in [4.78, 5) is 19.7. The molecule has 2 N–H and O–H groups in total. The number of hydrogen-bond donors (Lipinski definition) is 1. The normalized spacial score (nSPS) is 11.4. The Morgan fingerprint density at radius 2 is 1.70 bits per heavy atom. The first-order valence-corrected chi connectivity index (χ1v) is 8.81. The molecule has 5 nitrogen and oxygen atoms in total. The van der Waals surface area contributed by atoms with Gasteiger partial charge in [0.25, 0.3) is 0 Å². The van der Waals surface area contributed by atoms with Crippen LogP contribution in [0.3, 0.4) is 0 Å². The lowest BCUT2D eigenvalue weighted by atomic mass is 10.0. The maximum absolute atomic E-state index is 13.3. The van der Waals surface area contributed by atoms with Crippen LogP contribution in [0, 0.1) is 0 Å². The van der Waals surface area contributed by atoms with E-state index in [4.69, 9.17) is 10.5 Å². The number of carbonyl (C=O) groups excluding carboxylic acids is 1. The van der Waals surface area contributed by atoms with E-state index in [0.717, 1.165) is 23.0 Å². The van der Waals surface area contributed by atoms with Crippen LogP contribution in [0.2, 0.25) is 0 Å². The van der Waals surface area contributed by atoms with Crippen LogP contribution in [0.25, 0.3) is 22.2 Å². The summed E-state index contributed by atoms with van der Waals surface area (Å²) in [5.74, 6) is -0.201. The Kier molecular flexibility index (Phi) is 4.83. The number of fused-ring (bicyclic) bond motifs is 1. The third-order valence-corrected chi connectivity index (χ3v) is 4.43. The van der Waals surface area contributed by atoms with Gasteiger partial charge in [-0.05, 0) is 42.5 Å². The van der Waals surface area contributed by atoms with Gasteiger partial charge in [-0.2, -0.15) is 13.2 Å². The highest BCUT2D eigenvalue weighted by Gasteiger charge is 2.35. The Hall–Kier alpha value is -3.94. The number of benzene rings is 2. The van der Waals surface area contributed by atoms with Crippen LogP contribution in [0.4, 0.5) is 13.2 Å². The zero-order valence-corrected chi connectivity index (χ0v) is 15.4. The van der Waals surface area contributed by atoms with Gasteiger partial charge in [0.2, 0.25) is 5.91 Å². The number of alkyl halides is 3. The molecule has 2 aromatic carbocycles. The summed E-state index contributed by atoms with van der Waals surface area (Å²) in [5.41, 5.74) is 4.62. The number of halogens is 3. The number of ether oxygens (including phenoxy) is 1. The maximum Gasteiger partial charge on any atom is 0.417 e. The predicted octanol–water partition coefficient (Wildman–Crippen LogP) is 5.21. The molecule has 1 amide bonds. The van der Waals surface area contributed by atoms with Crippen LogP contribution in [0.1, 0.15) is 15.9 Å². The minimum atomic E-state index is -4.73. The largest absolute Gasteiger partial charge is 0.457 e. The highest BCUT2D eigenvalue weighted by Crippen LogP contribution is 2.35. The van der Waals surface area contributed by atoms with Gasteiger partial charge in [0.1, 0.15) is 11.5 Å². The Balaban J connectivity index is 1.68. The number of primary amides is 1. The molecule has 8 heteroatoms. The van der Waals surface area contributed by atoms with E-state index in [2.05, 4.69) is 9.97 Å². The molecule has 150 valence electrons. The third kappa shape index (κ3) is 3.93. The summed E-state index contributed by atoms with van der Waals surface area (Å²) in [5, 5.41) is 0.890. The van der Waals surface area contributed by atoms with Crippen molar-refractivity contribution in [2.75, 3.05) is 0 Å². The number of aromatic nitrogens is 2. The molecule has 0 radical (unpaired) electrons. The molecule has 0 aliphatic heterocycles. The van der Waals surface area contributed by atoms with Crippen molar-refractivity contribution in [3.05, 3.63) is 84.2 Å². The minimum absolute atomic E-state index is 0.181. The van der Waals surface area contributed by atoms with Gasteiger partial charge in [-0.25, -0.2) is 0 Å². The first-order valence-electron chi connectivity index (χ1n) is 8.81. The van der Waals surface area contributed by atoms with Gasteiger partial charge in [-0.3, -0.25) is 14.8 Å². The molecule has 0 fully saturated rings. The zero-order chi connectivity index (χ0) is 21.3. The van der Waals surface area contributed by atoms with E-state index >= 15 is 0 Å². The summed E-state index contributed by atoms with van der Waals surface area (Å²) in [7, 11) is 0. The Morgan fingerprint density at radius 1 is 0.900 bits per heavy atom. The van der Waals surface area contributed by atoms with Crippen molar-refractivity contribution >= 4 is 16.8 Å². The lowest BCUT2D eigenvalue weighted by Crippen LogP contribution is -2.18. The second-order valence-corrected chi connectivity index (χ2v) is 6.46. The molecule has 4 rings (SSSR count). The number of rotatable bonds is 4. The molecule has 4 aromatic rings. The fraction of sp³-hybridized carbons (Fsp3) is 0.0455. The van der Waals surface area contributed by atoms with Crippen LogP contribution in [0.5, 0.6) is 11.5 Å². The minimum Gasteiger partial charge on any atom is -0.457 e. The molecule has 0 aliphatic carbocycles. The van der Waals surface area contributed by atoms with E-state index in [0.29, 0.717) is 11.5 Å². The van der Waals surface area contributed by atoms with Crippen LogP contribution in [-0.2, 0) is 6.18 Å². The van der Waals surface area contributed by atoms with Crippen molar-refractivity contribution in [3.63, 3.8) is 0 Å². The number of nitrogens with zero attached hydrogens (tertiary/aromatic N) is 2. The first kappa shape index (κ1) is 19.4. The average molecular weight is 409 g/mol.